The smallest absolute Gasteiger partial charge is 0.321 e. The molecule has 1 unspecified atom stereocenters. The van der Waals surface area contributed by atoms with Crippen molar-refractivity contribution in [2.24, 2.45) is 32.7 Å². The van der Waals surface area contributed by atoms with Crippen molar-refractivity contribution >= 4 is 23.1 Å². The van der Waals surface area contributed by atoms with Crippen molar-refractivity contribution in [1.29, 1.82) is 0 Å². The summed E-state index contributed by atoms with van der Waals surface area (Å²) < 4.78 is 5.22. The van der Waals surface area contributed by atoms with Crippen LogP contribution in [0.15, 0.2) is 119 Å². The summed E-state index contributed by atoms with van der Waals surface area (Å²) in [6.07, 6.45) is 10.8. The molecule has 6 aliphatic rings. The van der Waals surface area contributed by atoms with Crippen LogP contribution in [0.1, 0.15) is 60.8 Å². The molecule has 1 fully saturated rings. The number of hydrogen-bond donors (Lipinski definition) is 2. The first-order chi connectivity index (χ1) is 20.1. The van der Waals surface area contributed by atoms with E-state index in [0.29, 0.717) is 16.9 Å². The molecule has 7 nitrogen and oxygen atoms in total. The maximum Gasteiger partial charge on any atom is 0.321 e. The van der Waals surface area contributed by atoms with Crippen molar-refractivity contribution in [1.82, 2.24) is 5.32 Å². The summed E-state index contributed by atoms with van der Waals surface area (Å²) in [7, 11) is 1.36. The quantitative estimate of drug-likeness (QED) is 0.351. The van der Waals surface area contributed by atoms with E-state index in [1.54, 1.807) is 0 Å². The number of carbonyl (C=O) groups excluding carboxylic acids is 1. The van der Waals surface area contributed by atoms with Crippen LogP contribution in [0.2, 0.25) is 0 Å². The molecule has 0 aromatic rings. The molecule has 1 saturated heterocycles. The fourth-order valence-corrected chi connectivity index (χ4v) is 7.08. The number of allylic oxidation sites excluding steroid dienone is 11. The fourth-order valence-electron chi connectivity index (χ4n) is 7.08. The summed E-state index contributed by atoms with van der Waals surface area (Å²) >= 11 is 0. The number of hydrogen-bond acceptors (Lipinski definition) is 7. The highest BCUT2D eigenvalue weighted by Crippen LogP contribution is 2.49. The van der Waals surface area contributed by atoms with Crippen LogP contribution in [0.4, 0.5) is 0 Å². The highest BCUT2D eigenvalue weighted by Gasteiger charge is 2.48. The minimum atomic E-state index is -0.933. The number of ether oxygens (including phenoxy) is 1. The minimum Gasteiger partial charge on any atom is -0.510 e. The highest BCUT2D eigenvalue weighted by atomic mass is 16.5. The Morgan fingerprint density at radius 3 is 2.43 bits per heavy atom. The summed E-state index contributed by atoms with van der Waals surface area (Å²) in [5.74, 6) is -1.19. The van der Waals surface area contributed by atoms with Crippen LogP contribution in [0.3, 0.4) is 0 Å². The zero-order valence-electron chi connectivity index (χ0n) is 25.5. The Hall–Kier alpha value is -4.26. The highest BCUT2D eigenvalue weighted by molar-refractivity contribution is 6.24. The Morgan fingerprint density at radius 2 is 1.76 bits per heavy atom. The Morgan fingerprint density at radius 1 is 1.05 bits per heavy atom. The second-order valence-corrected chi connectivity index (χ2v) is 11.7. The van der Waals surface area contributed by atoms with Gasteiger partial charge in [-0.3, -0.25) is 4.79 Å². The van der Waals surface area contributed by atoms with Crippen molar-refractivity contribution in [3.63, 3.8) is 0 Å². The molecule has 0 saturated carbocycles. The normalized spacial score (nSPS) is 26.4. The molecule has 0 aromatic heterocycles. The molecule has 1 aliphatic carbocycles. The number of nitrogens with zero attached hydrogens (tertiary/aromatic N) is 3. The molecule has 5 heterocycles. The lowest BCUT2D eigenvalue weighted by Gasteiger charge is -2.20. The first-order valence-electron chi connectivity index (χ1n) is 14.8. The molecule has 216 valence electrons. The number of esters is 1. The van der Waals surface area contributed by atoms with Crippen LogP contribution in [-0.2, 0) is 9.53 Å². The molecule has 0 radical (unpaired) electrons. The van der Waals surface area contributed by atoms with E-state index in [4.69, 9.17) is 19.7 Å². The van der Waals surface area contributed by atoms with Crippen molar-refractivity contribution in [3.05, 3.63) is 104 Å². The fraction of sp³-hybridized carbons (Fsp3) is 0.371. The monoisotopic (exact) mass is 562 g/mol. The number of nitrogens with one attached hydrogen (secondary N) is 1. The molecule has 0 spiro atoms. The SMILES string of the molecule is C=CC1=C(C)C2=NC1=CC1=NC(=CC3=C(C)C4=C(O)C(C(=O)OC)C(=C5NC(=C2)[C@@H](C)[C@@H]5CCC)C4=N3)C(CC)=C1C. The first-order valence-corrected chi connectivity index (χ1v) is 14.8. The van der Waals surface area contributed by atoms with Gasteiger partial charge in [0.2, 0.25) is 0 Å². The summed E-state index contributed by atoms with van der Waals surface area (Å²) in [5.41, 5.74) is 13.2. The summed E-state index contributed by atoms with van der Waals surface area (Å²) in [6.45, 7) is 16.7. The number of aliphatic imine (C=N–C) groups is 3. The van der Waals surface area contributed by atoms with Gasteiger partial charge in [-0.25, -0.2) is 15.0 Å². The number of aliphatic hydroxyl groups is 1. The van der Waals surface area contributed by atoms with Gasteiger partial charge in [-0.2, -0.15) is 0 Å². The third kappa shape index (κ3) is 3.93. The number of rotatable bonds is 5. The van der Waals surface area contributed by atoms with Crippen LogP contribution in [0.25, 0.3) is 0 Å². The van der Waals surface area contributed by atoms with E-state index in [-0.39, 0.29) is 17.6 Å². The van der Waals surface area contributed by atoms with Gasteiger partial charge in [0, 0.05) is 39.9 Å². The lowest BCUT2D eigenvalue weighted by molar-refractivity contribution is -0.143. The zero-order valence-corrected chi connectivity index (χ0v) is 25.5. The maximum atomic E-state index is 13.2. The molecular weight excluding hydrogens is 524 g/mol. The van der Waals surface area contributed by atoms with Gasteiger partial charge in [0.25, 0.3) is 0 Å². The van der Waals surface area contributed by atoms with Crippen molar-refractivity contribution in [2.75, 3.05) is 7.11 Å². The van der Waals surface area contributed by atoms with Crippen LogP contribution >= 0.6 is 0 Å². The van der Waals surface area contributed by atoms with Gasteiger partial charge in [-0.05, 0) is 74.1 Å². The number of methoxy groups -OCH3 is 1. The van der Waals surface area contributed by atoms with E-state index >= 15 is 0 Å². The second kappa shape index (κ2) is 10.2. The van der Waals surface area contributed by atoms with Gasteiger partial charge in [0.05, 0.1) is 41.3 Å². The van der Waals surface area contributed by atoms with Crippen LogP contribution in [0.5, 0.6) is 0 Å². The van der Waals surface area contributed by atoms with Crippen LogP contribution in [-0.4, -0.2) is 35.3 Å². The molecule has 42 heavy (non-hydrogen) atoms. The zero-order chi connectivity index (χ0) is 30.0. The van der Waals surface area contributed by atoms with E-state index in [0.717, 1.165) is 87.0 Å². The van der Waals surface area contributed by atoms with E-state index in [9.17, 15) is 9.90 Å². The molecule has 0 aromatic carbocycles. The number of carbonyl (C=O) groups is 1. The summed E-state index contributed by atoms with van der Waals surface area (Å²) in [6, 6.07) is 0. The minimum absolute atomic E-state index is 0.00237. The summed E-state index contributed by atoms with van der Waals surface area (Å²) in [5, 5.41) is 15.3. The average molecular weight is 563 g/mol. The largest absolute Gasteiger partial charge is 0.510 e. The van der Waals surface area contributed by atoms with E-state index in [1.807, 2.05) is 19.1 Å². The molecule has 7 heteroatoms. The second-order valence-electron chi connectivity index (χ2n) is 11.7. The third-order valence-electron chi connectivity index (χ3n) is 9.46. The van der Waals surface area contributed by atoms with Gasteiger partial charge >= 0.3 is 5.97 Å². The Labute approximate surface area is 247 Å². The third-order valence-corrected chi connectivity index (χ3v) is 9.46. The van der Waals surface area contributed by atoms with Crippen molar-refractivity contribution in [3.8, 4) is 0 Å². The molecule has 6 rings (SSSR count). The number of aliphatic hydroxyl groups excluding tert-OH is 1. The summed E-state index contributed by atoms with van der Waals surface area (Å²) in [4.78, 5) is 28.4. The number of fused-ring (bicyclic) bond motifs is 5. The van der Waals surface area contributed by atoms with E-state index in [1.165, 1.54) is 7.11 Å². The van der Waals surface area contributed by atoms with Gasteiger partial charge < -0.3 is 15.2 Å². The van der Waals surface area contributed by atoms with E-state index in [2.05, 4.69) is 58.7 Å². The average Bonchev–Trinajstić information content (AvgIpc) is 3.70. The van der Waals surface area contributed by atoms with Crippen LogP contribution in [0, 0.1) is 17.8 Å². The van der Waals surface area contributed by atoms with Gasteiger partial charge in [0.15, 0.2) is 0 Å². The topological polar surface area (TPSA) is 95.6 Å². The Kier molecular flexibility index (Phi) is 6.79. The molecule has 8 bridgehead atoms. The maximum absolute atomic E-state index is 13.2. The predicted octanol–water partition coefficient (Wildman–Crippen LogP) is 7.04. The lowest BCUT2D eigenvalue weighted by Crippen LogP contribution is -2.24. The van der Waals surface area contributed by atoms with E-state index < -0.39 is 11.9 Å². The molecular formula is C35H38N4O3. The molecule has 2 N–H and O–H groups in total. The Balaban J connectivity index is 1.69. The first kappa shape index (κ1) is 27.9. The molecule has 5 aliphatic heterocycles. The predicted molar refractivity (Wildman–Crippen MR) is 168 cm³/mol. The van der Waals surface area contributed by atoms with Gasteiger partial charge in [-0.1, -0.05) is 39.8 Å². The molecule has 0 amide bonds. The van der Waals surface area contributed by atoms with Crippen LogP contribution < -0.4 is 5.32 Å². The molecule has 3 atom stereocenters. The standard InChI is InChI=1S/C35H38N4O3/c1-9-12-22-18(6)25-13-23-16(4)20(10-2)27(36-23)14-24-17(5)21(11-3)28(37-24)15-26-19(7)29-33(39-26)30(32(22)38-25)31(34(29)40)35(41)42-8/h10,13-15,18,22,31,38,40H,2,9,11-12H2,1,3-8H3/t18-,22-,31?/m0/s1. The van der Waals surface area contributed by atoms with Crippen molar-refractivity contribution < 1.29 is 14.6 Å². The lowest BCUT2D eigenvalue weighted by atomic mass is 9.84. The Bertz CT molecular complexity index is 1710. The van der Waals surface area contributed by atoms with Gasteiger partial charge in [0.1, 0.15) is 11.7 Å². The van der Waals surface area contributed by atoms with Gasteiger partial charge in [-0.15, -0.1) is 0 Å². The van der Waals surface area contributed by atoms with Crippen molar-refractivity contribution in [2.45, 2.75) is 60.8 Å².